The first-order valence-corrected chi connectivity index (χ1v) is 7.10. The molecule has 1 aromatic carbocycles. The molecule has 0 saturated heterocycles. The average Bonchev–Trinajstić information content (AvgIpc) is 2.60. The van der Waals surface area contributed by atoms with Crippen molar-refractivity contribution in [2.24, 2.45) is 0 Å². The minimum Gasteiger partial charge on any atom is -0.504 e. The zero-order valence-corrected chi connectivity index (χ0v) is 12.2. The lowest BCUT2D eigenvalue weighted by atomic mass is 10.1. The average molecular weight is 309 g/mol. The van der Waals surface area contributed by atoms with Crippen molar-refractivity contribution in [3.05, 3.63) is 66.1 Å². The zero-order valence-electron chi connectivity index (χ0n) is 12.2. The van der Waals surface area contributed by atoms with Gasteiger partial charge in [0.1, 0.15) is 5.52 Å². The number of amides is 1. The summed E-state index contributed by atoms with van der Waals surface area (Å²) in [6.45, 7) is -0.262. The van der Waals surface area contributed by atoms with Crippen LogP contribution in [0.15, 0.2) is 54.9 Å². The Morgan fingerprint density at radius 2 is 1.91 bits per heavy atom. The van der Waals surface area contributed by atoms with E-state index in [0.29, 0.717) is 10.9 Å². The third-order valence-corrected chi connectivity index (χ3v) is 3.53. The van der Waals surface area contributed by atoms with Crippen molar-refractivity contribution in [3.63, 3.8) is 0 Å². The molecule has 0 aliphatic carbocycles. The predicted octanol–water partition coefficient (Wildman–Crippen LogP) is 1.80. The van der Waals surface area contributed by atoms with Gasteiger partial charge >= 0.3 is 0 Å². The summed E-state index contributed by atoms with van der Waals surface area (Å²) >= 11 is 0. The molecule has 1 amide bonds. The topological polar surface area (TPSA) is 95.3 Å². The summed E-state index contributed by atoms with van der Waals surface area (Å²) in [7, 11) is 0. The summed E-state index contributed by atoms with van der Waals surface area (Å²) in [5, 5.41) is 23.0. The quantitative estimate of drug-likeness (QED) is 0.683. The van der Waals surface area contributed by atoms with Gasteiger partial charge in [-0.2, -0.15) is 0 Å². The Morgan fingerprint density at radius 3 is 2.65 bits per heavy atom. The summed E-state index contributed by atoms with van der Waals surface area (Å²) in [5.74, 6) is -0.844. The van der Waals surface area contributed by atoms with Gasteiger partial charge in [-0.05, 0) is 17.7 Å². The smallest absolute Gasteiger partial charge is 0.274 e. The van der Waals surface area contributed by atoms with E-state index >= 15 is 0 Å². The molecule has 0 aliphatic heterocycles. The van der Waals surface area contributed by atoms with Crippen LogP contribution >= 0.6 is 0 Å². The Labute approximate surface area is 132 Å². The molecule has 0 spiro atoms. The molecule has 0 bridgehead atoms. The highest BCUT2D eigenvalue weighted by atomic mass is 16.3. The second kappa shape index (κ2) is 6.41. The molecule has 23 heavy (non-hydrogen) atoms. The van der Waals surface area contributed by atoms with Gasteiger partial charge in [0.05, 0.1) is 12.6 Å². The molecule has 0 radical (unpaired) electrons. The molecule has 2 heterocycles. The molecule has 3 aromatic rings. The number of carbonyl (C=O) groups excluding carboxylic acids is 1. The lowest BCUT2D eigenvalue weighted by Gasteiger charge is -2.17. The van der Waals surface area contributed by atoms with Crippen LogP contribution in [0.1, 0.15) is 22.1 Å². The summed E-state index contributed by atoms with van der Waals surface area (Å²) < 4.78 is 0. The zero-order chi connectivity index (χ0) is 16.2. The highest BCUT2D eigenvalue weighted by Gasteiger charge is 2.20. The second-order valence-corrected chi connectivity index (χ2v) is 5.02. The number of fused-ring (bicyclic) bond motifs is 1. The largest absolute Gasteiger partial charge is 0.504 e. The van der Waals surface area contributed by atoms with Crippen LogP contribution < -0.4 is 5.32 Å². The lowest BCUT2D eigenvalue weighted by Crippen LogP contribution is -2.31. The minimum atomic E-state index is -0.579. The monoisotopic (exact) mass is 309 g/mol. The molecule has 0 aliphatic rings. The van der Waals surface area contributed by atoms with Gasteiger partial charge in [-0.3, -0.25) is 9.78 Å². The van der Waals surface area contributed by atoms with Crippen molar-refractivity contribution >= 4 is 16.8 Å². The van der Waals surface area contributed by atoms with Crippen LogP contribution in [0, 0.1) is 0 Å². The van der Waals surface area contributed by atoms with Gasteiger partial charge in [-0.15, -0.1) is 0 Å². The van der Waals surface area contributed by atoms with Crippen molar-refractivity contribution in [3.8, 4) is 5.75 Å². The molecule has 116 valence electrons. The maximum absolute atomic E-state index is 12.4. The normalized spacial score (nSPS) is 12.0. The third kappa shape index (κ3) is 2.97. The van der Waals surface area contributed by atoms with Crippen LogP contribution in [0.3, 0.4) is 0 Å². The molecule has 3 N–H and O–H groups in total. The summed E-state index contributed by atoms with van der Waals surface area (Å²) in [4.78, 5) is 20.4. The first kappa shape index (κ1) is 14.9. The van der Waals surface area contributed by atoms with Crippen LogP contribution in [-0.4, -0.2) is 32.7 Å². The number of benzene rings is 1. The van der Waals surface area contributed by atoms with Crippen LogP contribution in [0.4, 0.5) is 0 Å². The Hall–Kier alpha value is -2.99. The molecule has 0 fully saturated rings. The number of aliphatic hydroxyl groups excluding tert-OH is 1. The molecule has 0 saturated carbocycles. The van der Waals surface area contributed by atoms with E-state index < -0.39 is 11.9 Å². The molecular formula is C17H15N3O3. The van der Waals surface area contributed by atoms with E-state index in [-0.39, 0.29) is 18.1 Å². The second-order valence-electron chi connectivity index (χ2n) is 5.02. The number of carbonyl (C=O) groups is 1. The number of aromatic nitrogens is 2. The first-order chi connectivity index (χ1) is 11.2. The summed E-state index contributed by atoms with van der Waals surface area (Å²) in [5.41, 5.74) is 0.959. The third-order valence-electron chi connectivity index (χ3n) is 3.53. The van der Waals surface area contributed by atoms with Gasteiger partial charge in [-0.25, -0.2) is 4.98 Å². The van der Waals surface area contributed by atoms with Gasteiger partial charge in [0.2, 0.25) is 0 Å². The van der Waals surface area contributed by atoms with E-state index in [2.05, 4.69) is 15.3 Å². The summed E-state index contributed by atoms with van der Waals surface area (Å²) in [6.07, 6.45) is 3.01. The van der Waals surface area contributed by atoms with Gasteiger partial charge in [0, 0.05) is 17.8 Å². The number of hydrogen-bond donors (Lipinski definition) is 3. The van der Waals surface area contributed by atoms with Gasteiger partial charge in [0.25, 0.3) is 5.91 Å². The number of pyridine rings is 2. The van der Waals surface area contributed by atoms with Crippen molar-refractivity contribution in [2.75, 3.05) is 6.61 Å². The number of rotatable bonds is 4. The van der Waals surface area contributed by atoms with Crippen molar-refractivity contribution < 1.29 is 15.0 Å². The van der Waals surface area contributed by atoms with Gasteiger partial charge in [0.15, 0.2) is 11.4 Å². The predicted molar refractivity (Wildman–Crippen MR) is 84.9 cm³/mol. The van der Waals surface area contributed by atoms with E-state index in [0.717, 1.165) is 5.56 Å². The Kier molecular flexibility index (Phi) is 4.16. The standard InChI is InChI=1S/C17H15N3O3/c21-10-13(11-5-2-1-3-6-11)20-17(23)15-16(22)14-12(9-19-15)7-4-8-18-14/h1-9,13,21-22H,10H2,(H,20,23)/t13-/m1/s1. The van der Waals surface area contributed by atoms with Crippen LogP contribution in [-0.2, 0) is 0 Å². The van der Waals surface area contributed by atoms with Gasteiger partial charge < -0.3 is 15.5 Å². The highest BCUT2D eigenvalue weighted by molar-refractivity contribution is 6.00. The van der Waals surface area contributed by atoms with Crippen molar-refractivity contribution in [2.45, 2.75) is 6.04 Å². The van der Waals surface area contributed by atoms with E-state index in [9.17, 15) is 15.0 Å². The fourth-order valence-electron chi connectivity index (χ4n) is 2.34. The van der Waals surface area contributed by atoms with Gasteiger partial charge in [-0.1, -0.05) is 30.3 Å². The van der Waals surface area contributed by atoms with Crippen molar-refractivity contribution in [1.82, 2.24) is 15.3 Å². The minimum absolute atomic E-state index is 0.120. The van der Waals surface area contributed by atoms with Crippen LogP contribution in [0.25, 0.3) is 10.9 Å². The fraction of sp³-hybridized carbons (Fsp3) is 0.118. The molecule has 3 rings (SSSR count). The SMILES string of the molecule is O=C(N[C@H](CO)c1ccccc1)c1ncc2cccnc2c1O. The molecule has 0 unspecified atom stereocenters. The Bertz CT molecular complexity index is 837. The van der Waals surface area contributed by atoms with Crippen molar-refractivity contribution in [1.29, 1.82) is 0 Å². The number of aromatic hydroxyl groups is 1. The number of hydrogen-bond acceptors (Lipinski definition) is 5. The molecular weight excluding hydrogens is 294 g/mol. The van der Waals surface area contributed by atoms with E-state index in [1.807, 2.05) is 18.2 Å². The number of nitrogens with zero attached hydrogens (tertiary/aromatic N) is 2. The Morgan fingerprint density at radius 1 is 1.13 bits per heavy atom. The molecule has 1 atom stereocenters. The summed E-state index contributed by atoms with van der Waals surface area (Å²) in [6, 6.07) is 12.0. The van der Waals surface area contributed by atoms with Crippen LogP contribution in [0.5, 0.6) is 5.75 Å². The fourth-order valence-corrected chi connectivity index (χ4v) is 2.34. The maximum Gasteiger partial charge on any atom is 0.274 e. The molecule has 2 aromatic heterocycles. The van der Waals surface area contributed by atoms with E-state index in [1.165, 1.54) is 12.4 Å². The number of nitrogens with one attached hydrogen (secondary N) is 1. The molecule has 6 heteroatoms. The van der Waals surface area contributed by atoms with E-state index in [1.54, 1.807) is 24.3 Å². The highest BCUT2D eigenvalue weighted by Crippen LogP contribution is 2.25. The molecule has 6 nitrogen and oxygen atoms in total. The number of aliphatic hydroxyl groups is 1. The maximum atomic E-state index is 12.4. The lowest BCUT2D eigenvalue weighted by molar-refractivity contribution is 0.0908. The first-order valence-electron chi connectivity index (χ1n) is 7.10. The Balaban J connectivity index is 1.90. The van der Waals surface area contributed by atoms with E-state index in [4.69, 9.17) is 0 Å². The van der Waals surface area contributed by atoms with Crippen LogP contribution in [0.2, 0.25) is 0 Å².